The second kappa shape index (κ2) is 8.75. The van der Waals surface area contributed by atoms with Crippen LogP contribution in [0.3, 0.4) is 0 Å². The summed E-state index contributed by atoms with van der Waals surface area (Å²) in [5.74, 6) is 1.18. The van der Waals surface area contributed by atoms with Gasteiger partial charge in [0.25, 0.3) is 0 Å². The number of hydrogen-bond donors (Lipinski definition) is 0. The molecule has 2 nitrogen and oxygen atoms in total. The summed E-state index contributed by atoms with van der Waals surface area (Å²) in [5, 5.41) is 0. The molecule has 1 aromatic carbocycles. The normalized spacial score (nSPS) is 25.7. The summed E-state index contributed by atoms with van der Waals surface area (Å²) in [6.07, 6.45) is 6.31. The zero-order chi connectivity index (χ0) is 25.9. The molecule has 0 spiro atoms. The lowest BCUT2D eigenvalue weighted by Crippen LogP contribution is -2.34. The van der Waals surface area contributed by atoms with Crippen LogP contribution in [0.5, 0.6) is 0 Å². The molecule has 0 heterocycles. The number of carbonyl (C=O) groups excluding carboxylic acids is 2. The van der Waals surface area contributed by atoms with Crippen molar-refractivity contribution in [3.63, 3.8) is 0 Å². The molecule has 3 aliphatic rings. The number of fused-ring (bicyclic) bond motifs is 1. The van der Waals surface area contributed by atoms with Crippen LogP contribution >= 0.6 is 0 Å². The summed E-state index contributed by atoms with van der Waals surface area (Å²) in [6.45, 7) is 24.5. The molecular formula is C32H48O2. The van der Waals surface area contributed by atoms with Gasteiger partial charge in [0.05, 0.1) is 0 Å². The first-order chi connectivity index (χ1) is 15.5. The molecule has 0 aliphatic heterocycles. The van der Waals surface area contributed by atoms with E-state index in [2.05, 4.69) is 81.4 Å². The number of ketones is 2. The van der Waals surface area contributed by atoms with E-state index in [1.165, 1.54) is 40.7 Å². The Balaban J connectivity index is 0.000000196. The molecule has 0 N–H and O–H groups in total. The first-order valence-corrected chi connectivity index (χ1v) is 13.4. The molecular weight excluding hydrogens is 416 g/mol. The summed E-state index contributed by atoms with van der Waals surface area (Å²) >= 11 is 0. The van der Waals surface area contributed by atoms with Crippen molar-refractivity contribution < 1.29 is 9.59 Å². The lowest BCUT2D eigenvalue weighted by molar-refractivity contribution is -0.117. The molecule has 1 aromatic rings. The van der Waals surface area contributed by atoms with E-state index in [4.69, 9.17) is 0 Å². The Bertz CT molecular complexity index is 1030. The summed E-state index contributed by atoms with van der Waals surface area (Å²) < 4.78 is 0. The van der Waals surface area contributed by atoms with Crippen molar-refractivity contribution >= 4 is 11.6 Å². The maximum Gasteiger partial charge on any atom is 0.160 e. The molecule has 188 valence electrons. The molecule has 0 bridgehead atoms. The SMILES string of the molecule is CC1C(C)(C)C2=C(C(=O)CCC2)C1(C)C.CCc1cc2c(cc1C(C)=O)C(C)(C)CCC2(C)C. The largest absolute Gasteiger partial charge is 0.295 e. The van der Waals surface area contributed by atoms with E-state index in [1.54, 1.807) is 6.92 Å². The highest BCUT2D eigenvalue weighted by atomic mass is 16.1. The van der Waals surface area contributed by atoms with E-state index in [9.17, 15) is 9.59 Å². The van der Waals surface area contributed by atoms with Crippen LogP contribution < -0.4 is 0 Å². The minimum absolute atomic E-state index is 0.0797. The zero-order valence-electron chi connectivity index (χ0n) is 23.8. The molecule has 0 aromatic heterocycles. The molecule has 0 radical (unpaired) electrons. The van der Waals surface area contributed by atoms with Crippen molar-refractivity contribution in [1.29, 1.82) is 0 Å². The highest BCUT2D eigenvalue weighted by Gasteiger charge is 2.52. The summed E-state index contributed by atoms with van der Waals surface area (Å²) in [4.78, 5) is 24.0. The fourth-order valence-corrected chi connectivity index (χ4v) is 6.90. The fraction of sp³-hybridized carbons (Fsp3) is 0.688. The highest BCUT2D eigenvalue weighted by molar-refractivity contribution is 5.99. The third kappa shape index (κ3) is 4.35. The zero-order valence-corrected chi connectivity index (χ0v) is 23.8. The van der Waals surface area contributed by atoms with Crippen LogP contribution in [-0.4, -0.2) is 11.6 Å². The Hall–Kier alpha value is -1.70. The van der Waals surface area contributed by atoms with E-state index in [0.29, 0.717) is 11.7 Å². The Labute approximate surface area is 209 Å². The lowest BCUT2D eigenvalue weighted by atomic mass is 9.62. The van der Waals surface area contributed by atoms with Gasteiger partial charge in [-0.2, -0.15) is 0 Å². The Morgan fingerprint density at radius 2 is 1.41 bits per heavy atom. The van der Waals surface area contributed by atoms with Crippen molar-refractivity contribution in [3.8, 4) is 0 Å². The van der Waals surface area contributed by atoms with Crippen LogP contribution in [0.15, 0.2) is 23.3 Å². The van der Waals surface area contributed by atoms with Crippen molar-refractivity contribution in [2.75, 3.05) is 0 Å². The van der Waals surface area contributed by atoms with Crippen LogP contribution in [0, 0.1) is 16.7 Å². The minimum Gasteiger partial charge on any atom is -0.295 e. The van der Waals surface area contributed by atoms with E-state index >= 15 is 0 Å². The van der Waals surface area contributed by atoms with Gasteiger partial charge >= 0.3 is 0 Å². The van der Waals surface area contributed by atoms with Gasteiger partial charge in [0.2, 0.25) is 0 Å². The van der Waals surface area contributed by atoms with E-state index < -0.39 is 0 Å². The van der Waals surface area contributed by atoms with Crippen LogP contribution in [0.4, 0.5) is 0 Å². The number of carbonyl (C=O) groups is 2. The maximum atomic E-state index is 12.1. The van der Waals surface area contributed by atoms with Crippen LogP contribution in [0.2, 0.25) is 0 Å². The fourth-order valence-electron chi connectivity index (χ4n) is 6.90. The Morgan fingerprint density at radius 1 is 0.882 bits per heavy atom. The van der Waals surface area contributed by atoms with Crippen molar-refractivity contribution in [2.45, 2.75) is 126 Å². The van der Waals surface area contributed by atoms with Crippen LogP contribution in [0.25, 0.3) is 0 Å². The van der Waals surface area contributed by atoms with Gasteiger partial charge in [-0.15, -0.1) is 0 Å². The van der Waals surface area contributed by atoms with Gasteiger partial charge < -0.3 is 0 Å². The average molecular weight is 465 g/mol. The standard InChI is InChI=1S/C18H26O.C14H22O/c1-7-13-10-15-16(11-14(13)12(2)19)18(5,6)9-8-17(15,3)4;1-9-13(2,3)10-7-6-8-11(15)12(10)14(9,4)5/h10-11H,7-9H2,1-6H3;9H,6-8H2,1-5H3. The average Bonchev–Trinajstić information content (AvgIpc) is 2.89. The Morgan fingerprint density at radius 3 is 1.88 bits per heavy atom. The first-order valence-electron chi connectivity index (χ1n) is 13.4. The van der Waals surface area contributed by atoms with Gasteiger partial charge in [0, 0.05) is 17.6 Å². The molecule has 1 atom stereocenters. The van der Waals surface area contributed by atoms with E-state index in [-0.39, 0.29) is 27.4 Å². The molecule has 0 saturated carbocycles. The molecule has 34 heavy (non-hydrogen) atoms. The van der Waals surface area contributed by atoms with Crippen molar-refractivity contribution in [2.24, 2.45) is 16.7 Å². The predicted octanol–water partition coefficient (Wildman–Crippen LogP) is 8.54. The van der Waals surface area contributed by atoms with Crippen molar-refractivity contribution in [1.82, 2.24) is 0 Å². The van der Waals surface area contributed by atoms with Gasteiger partial charge in [0.1, 0.15) is 0 Å². The second-order valence-corrected chi connectivity index (χ2v) is 13.5. The maximum absolute atomic E-state index is 12.1. The quantitative estimate of drug-likeness (QED) is 0.411. The number of aryl methyl sites for hydroxylation is 1. The summed E-state index contributed by atoms with van der Waals surface area (Å²) in [7, 11) is 0. The topological polar surface area (TPSA) is 34.1 Å². The highest BCUT2D eigenvalue weighted by Crippen LogP contribution is 2.59. The predicted molar refractivity (Wildman–Crippen MR) is 144 cm³/mol. The molecule has 1 unspecified atom stereocenters. The molecule has 4 rings (SSSR count). The van der Waals surface area contributed by atoms with Crippen LogP contribution in [-0.2, 0) is 22.0 Å². The van der Waals surface area contributed by atoms with Crippen molar-refractivity contribution in [3.05, 3.63) is 45.5 Å². The minimum atomic E-state index is 0.0797. The van der Waals surface area contributed by atoms with Gasteiger partial charge in [-0.3, -0.25) is 9.59 Å². The van der Waals surface area contributed by atoms with Gasteiger partial charge in [-0.1, -0.05) is 80.9 Å². The number of Topliss-reactive ketones (excluding diaryl/α,β-unsaturated/α-hetero) is 2. The van der Waals surface area contributed by atoms with Crippen LogP contribution in [0.1, 0.15) is 135 Å². The number of hydrogen-bond acceptors (Lipinski definition) is 2. The second-order valence-electron chi connectivity index (χ2n) is 13.5. The first kappa shape index (κ1) is 26.9. The summed E-state index contributed by atoms with van der Waals surface area (Å²) in [6, 6.07) is 4.48. The van der Waals surface area contributed by atoms with E-state index in [1.807, 2.05) is 0 Å². The van der Waals surface area contributed by atoms with Gasteiger partial charge in [-0.25, -0.2) is 0 Å². The third-order valence-corrected chi connectivity index (χ3v) is 9.84. The Kier molecular flexibility index (Phi) is 6.92. The van der Waals surface area contributed by atoms with Gasteiger partial charge in [0.15, 0.2) is 11.6 Å². The number of rotatable bonds is 2. The van der Waals surface area contributed by atoms with Gasteiger partial charge in [-0.05, 0) is 89.4 Å². The molecule has 3 aliphatic carbocycles. The molecule has 2 heteroatoms. The lowest BCUT2D eigenvalue weighted by Gasteiger charge is -2.42. The molecule has 0 amide bonds. The number of benzene rings is 1. The third-order valence-electron chi connectivity index (χ3n) is 9.84. The van der Waals surface area contributed by atoms with E-state index in [0.717, 1.165) is 31.2 Å². The molecule has 0 saturated heterocycles. The smallest absolute Gasteiger partial charge is 0.160 e. The number of allylic oxidation sites excluding steroid dienone is 2. The summed E-state index contributed by atoms with van der Waals surface area (Å²) in [5.41, 5.74) is 8.29. The molecule has 0 fully saturated rings. The monoisotopic (exact) mass is 464 g/mol.